The van der Waals surface area contributed by atoms with Crippen LogP contribution in [-0.4, -0.2) is 31.8 Å². The van der Waals surface area contributed by atoms with Crippen LogP contribution in [0.1, 0.15) is 50.0 Å². The van der Waals surface area contributed by atoms with E-state index < -0.39 is 9.05 Å². The summed E-state index contributed by atoms with van der Waals surface area (Å²) in [6, 6.07) is 4.54. The number of amides is 1. The molecule has 0 bridgehead atoms. The number of carbonyl (C=O) groups is 1. The normalized spacial score (nSPS) is 11.7. The Morgan fingerprint density at radius 2 is 1.90 bits per heavy atom. The van der Waals surface area contributed by atoms with Crippen LogP contribution in [0.2, 0.25) is 0 Å². The van der Waals surface area contributed by atoms with Crippen LogP contribution in [0, 0.1) is 0 Å². The van der Waals surface area contributed by atoms with Crippen LogP contribution in [0.4, 0.5) is 0 Å². The van der Waals surface area contributed by atoms with Crippen LogP contribution in [0.3, 0.4) is 0 Å². The number of aryl methyl sites for hydroxylation is 1. The van der Waals surface area contributed by atoms with E-state index in [4.69, 9.17) is 10.7 Å². The van der Waals surface area contributed by atoms with Crippen molar-refractivity contribution in [1.29, 1.82) is 0 Å². The lowest BCUT2D eigenvalue weighted by Gasteiger charge is -2.27. The van der Waals surface area contributed by atoms with Gasteiger partial charge in [-0.3, -0.25) is 4.79 Å². The average Bonchev–Trinajstić information content (AvgIpc) is 2.42. The number of carbonyl (C=O) groups excluding carboxylic acids is 1. The molecule has 0 aromatic heterocycles. The zero-order valence-corrected chi connectivity index (χ0v) is 14.5. The third-order valence-corrected chi connectivity index (χ3v) is 4.67. The van der Waals surface area contributed by atoms with Gasteiger partial charge in [0.2, 0.25) is 0 Å². The molecule has 0 radical (unpaired) electrons. The summed E-state index contributed by atoms with van der Waals surface area (Å²) in [4.78, 5) is 14.4. The number of hydrogen-bond donors (Lipinski definition) is 0. The van der Waals surface area contributed by atoms with Gasteiger partial charge in [-0.2, -0.15) is 0 Å². The number of benzene rings is 1. The van der Waals surface area contributed by atoms with Gasteiger partial charge in [-0.15, -0.1) is 0 Å². The van der Waals surface area contributed by atoms with Crippen LogP contribution in [-0.2, 0) is 15.5 Å². The lowest BCUT2D eigenvalue weighted by Crippen LogP contribution is -2.38. The molecular formula is C15H22ClNO3S. The molecule has 0 unspecified atom stereocenters. The van der Waals surface area contributed by atoms with Gasteiger partial charge in [-0.25, -0.2) is 8.42 Å². The molecule has 0 spiro atoms. The maximum absolute atomic E-state index is 12.7. The minimum atomic E-state index is -3.84. The van der Waals surface area contributed by atoms with Gasteiger partial charge in [0.25, 0.3) is 15.0 Å². The molecule has 0 atom stereocenters. The molecule has 6 heteroatoms. The van der Waals surface area contributed by atoms with E-state index >= 15 is 0 Å². The first kappa shape index (κ1) is 18.0. The van der Waals surface area contributed by atoms with Crippen molar-refractivity contribution in [2.75, 3.05) is 6.54 Å². The molecule has 4 nitrogen and oxygen atoms in total. The molecule has 0 saturated heterocycles. The highest BCUT2D eigenvalue weighted by Crippen LogP contribution is 2.22. The SMILES string of the molecule is CCCN(C(=O)c1cc(S(=O)(=O)Cl)ccc1CC)C(C)C. The van der Waals surface area contributed by atoms with Gasteiger partial charge in [0, 0.05) is 28.8 Å². The number of halogens is 1. The van der Waals surface area contributed by atoms with Crippen molar-refractivity contribution in [3.8, 4) is 0 Å². The van der Waals surface area contributed by atoms with Crippen molar-refractivity contribution >= 4 is 25.6 Å². The van der Waals surface area contributed by atoms with E-state index in [9.17, 15) is 13.2 Å². The van der Waals surface area contributed by atoms with E-state index in [2.05, 4.69) is 0 Å². The maximum atomic E-state index is 12.7. The third kappa shape index (κ3) is 4.45. The van der Waals surface area contributed by atoms with Gasteiger partial charge in [-0.05, 0) is 44.4 Å². The molecule has 21 heavy (non-hydrogen) atoms. The summed E-state index contributed by atoms with van der Waals surface area (Å²) in [5, 5.41) is 0. The van der Waals surface area contributed by atoms with Crippen molar-refractivity contribution in [2.24, 2.45) is 0 Å². The van der Waals surface area contributed by atoms with Gasteiger partial charge < -0.3 is 4.90 Å². The lowest BCUT2D eigenvalue weighted by molar-refractivity contribution is 0.0704. The molecule has 1 aromatic carbocycles. The summed E-state index contributed by atoms with van der Waals surface area (Å²) in [5.74, 6) is -0.147. The molecule has 0 aliphatic rings. The molecule has 0 heterocycles. The Morgan fingerprint density at radius 3 is 2.33 bits per heavy atom. The van der Waals surface area contributed by atoms with Gasteiger partial charge >= 0.3 is 0 Å². The molecule has 0 aliphatic carbocycles. The zero-order valence-electron chi connectivity index (χ0n) is 12.9. The summed E-state index contributed by atoms with van der Waals surface area (Å²) >= 11 is 0. The second kappa shape index (κ2) is 7.27. The van der Waals surface area contributed by atoms with E-state index in [0.29, 0.717) is 18.5 Å². The van der Waals surface area contributed by atoms with Crippen LogP contribution in [0.5, 0.6) is 0 Å². The average molecular weight is 332 g/mol. The smallest absolute Gasteiger partial charge is 0.261 e. The molecule has 1 aromatic rings. The minimum absolute atomic E-state index is 0.0371. The second-order valence-electron chi connectivity index (χ2n) is 5.20. The Labute approximate surface area is 131 Å². The highest BCUT2D eigenvalue weighted by molar-refractivity contribution is 8.13. The fourth-order valence-electron chi connectivity index (χ4n) is 2.20. The maximum Gasteiger partial charge on any atom is 0.261 e. The molecule has 1 rings (SSSR count). The van der Waals surface area contributed by atoms with Crippen molar-refractivity contribution in [3.05, 3.63) is 29.3 Å². The van der Waals surface area contributed by atoms with Gasteiger partial charge in [0.15, 0.2) is 0 Å². The van der Waals surface area contributed by atoms with Crippen molar-refractivity contribution in [2.45, 2.75) is 51.5 Å². The third-order valence-electron chi connectivity index (χ3n) is 3.32. The number of hydrogen-bond acceptors (Lipinski definition) is 3. The lowest BCUT2D eigenvalue weighted by atomic mass is 10.0. The highest BCUT2D eigenvalue weighted by atomic mass is 35.7. The van der Waals surface area contributed by atoms with E-state index in [1.165, 1.54) is 12.1 Å². The Balaban J connectivity index is 3.35. The zero-order chi connectivity index (χ0) is 16.2. The molecule has 0 aliphatic heterocycles. The van der Waals surface area contributed by atoms with Crippen molar-refractivity contribution in [1.82, 2.24) is 4.90 Å². The Hall–Kier alpha value is -1.07. The monoisotopic (exact) mass is 331 g/mol. The van der Waals surface area contributed by atoms with Gasteiger partial charge in [-0.1, -0.05) is 19.9 Å². The van der Waals surface area contributed by atoms with E-state index in [0.717, 1.165) is 12.0 Å². The van der Waals surface area contributed by atoms with E-state index in [1.54, 1.807) is 11.0 Å². The van der Waals surface area contributed by atoms with Crippen molar-refractivity contribution in [3.63, 3.8) is 0 Å². The Kier molecular flexibility index (Phi) is 6.23. The van der Waals surface area contributed by atoms with Crippen LogP contribution in [0.25, 0.3) is 0 Å². The number of nitrogens with zero attached hydrogens (tertiary/aromatic N) is 1. The summed E-state index contributed by atoms with van der Waals surface area (Å²) in [6.07, 6.45) is 1.50. The topological polar surface area (TPSA) is 54.5 Å². The second-order valence-corrected chi connectivity index (χ2v) is 7.77. The first-order valence-corrected chi connectivity index (χ1v) is 9.41. The van der Waals surface area contributed by atoms with Crippen LogP contribution < -0.4 is 0 Å². The predicted molar refractivity (Wildman–Crippen MR) is 85.3 cm³/mol. The molecule has 118 valence electrons. The molecule has 0 fully saturated rings. The summed E-state index contributed by atoms with van der Waals surface area (Å²) < 4.78 is 23.0. The molecule has 1 amide bonds. The quantitative estimate of drug-likeness (QED) is 0.750. The first-order chi connectivity index (χ1) is 9.72. The fraction of sp³-hybridized carbons (Fsp3) is 0.533. The minimum Gasteiger partial charge on any atom is -0.336 e. The standard InChI is InChI=1S/C15H22ClNO3S/c1-5-9-17(11(3)4)15(18)14-10-13(21(16,19)20)8-7-12(14)6-2/h7-8,10-11H,5-6,9H2,1-4H3. The predicted octanol–water partition coefficient (Wildman–Crippen LogP) is 3.44. The van der Waals surface area contributed by atoms with Gasteiger partial charge in [0.05, 0.1) is 4.90 Å². The molecule has 0 saturated carbocycles. The van der Waals surface area contributed by atoms with E-state index in [1.807, 2.05) is 27.7 Å². The van der Waals surface area contributed by atoms with Crippen LogP contribution in [0.15, 0.2) is 23.1 Å². The Bertz CT molecular complexity index is 611. The first-order valence-electron chi connectivity index (χ1n) is 7.10. The Morgan fingerprint density at radius 1 is 1.29 bits per heavy atom. The molecule has 0 N–H and O–H groups in total. The van der Waals surface area contributed by atoms with Gasteiger partial charge in [0.1, 0.15) is 0 Å². The van der Waals surface area contributed by atoms with Crippen LogP contribution >= 0.6 is 10.7 Å². The summed E-state index contributed by atoms with van der Waals surface area (Å²) in [6.45, 7) is 8.46. The van der Waals surface area contributed by atoms with Crippen molar-refractivity contribution < 1.29 is 13.2 Å². The summed E-state index contributed by atoms with van der Waals surface area (Å²) in [7, 11) is 1.54. The fourth-order valence-corrected chi connectivity index (χ4v) is 2.98. The van der Waals surface area contributed by atoms with E-state index in [-0.39, 0.29) is 16.8 Å². The highest BCUT2D eigenvalue weighted by Gasteiger charge is 2.22. The number of rotatable bonds is 6. The summed E-state index contributed by atoms with van der Waals surface area (Å²) in [5.41, 5.74) is 1.24. The molecular weight excluding hydrogens is 310 g/mol. The largest absolute Gasteiger partial charge is 0.336 e.